The summed E-state index contributed by atoms with van der Waals surface area (Å²) in [5, 5.41) is 3.66. The average Bonchev–Trinajstić information content (AvgIpc) is 2.35. The molecule has 1 aliphatic heterocycles. The molecule has 0 spiro atoms. The van der Waals surface area contributed by atoms with Crippen molar-refractivity contribution in [3.63, 3.8) is 0 Å². The standard InChI is InChI=1S/C16H25BrN2/c1-12-10-13(17)6-7-14(12)19-11-15(2,3)18-9-8-16(19,4)5/h6-7,10,18H,8-9,11H2,1-5H3. The number of aryl methyl sites for hydroxylation is 1. The van der Waals surface area contributed by atoms with E-state index in [1.807, 2.05) is 0 Å². The van der Waals surface area contributed by atoms with E-state index in [0.717, 1.165) is 24.0 Å². The normalized spacial score (nSPS) is 22.1. The molecule has 2 nitrogen and oxygen atoms in total. The number of anilines is 1. The highest BCUT2D eigenvalue weighted by Gasteiger charge is 2.35. The maximum Gasteiger partial charge on any atom is 0.0401 e. The maximum atomic E-state index is 3.66. The minimum absolute atomic E-state index is 0.146. The summed E-state index contributed by atoms with van der Waals surface area (Å²) in [6.07, 6.45) is 1.16. The van der Waals surface area contributed by atoms with Crippen LogP contribution in [0.15, 0.2) is 22.7 Å². The minimum atomic E-state index is 0.146. The number of halogens is 1. The maximum absolute atomic E-state index is 3.66. The summed E-state index contributed by atoms with van der Waals surface area (Å²) >= 11 is 3.56. The van der Waals surface area contributed by atoms with Gasteiger partial charge in [0.15, 0.2) is 0 Å². The van der Waals surface area contributed by atoms with E-state index in [0.29, 0.717) is 0 Å². The van der Waals surface area contributed by atoms with Gasteiger partial charge < -0.3 is 10.2 Å². The fourth-order valence-electron chi connectivity index (χ4n) is 2.84. The van der Waals surface area contributed by atoms with Crippen LogP contribution in [-0.4, -0.2) is 24.2 Å². The molecule has 106 valence electrons. The minimum Gasteiger partial charge on any atom is -0.364 e. The van der Waals surface area contributed by atoms with E-state index in [4.69, 9.17) is 0 Å². The van der Waals surface area contributed by atoms with Gasteiger partial charge in [-0.3, -0.25) is 0 Å². The largest absolute Gasteiger partial charge is 0.364 e. The molecular formula is C16H25BrN2. The Balaban J connectivity index is 2.43. The Morgan fingerprint density at radius 2 is 1.89 bits per heavy atom. The fourth-order valence-corrected chi connectivity index (χ4v) is 3.32. The van der Waals surface area contributed by atoms with Gasteiger partial charge >= 0.3 is 0 Å². The number of hydrogen-bond donors (Lipinski definition) is 1. The first-order valence-corrected chi connectivity index (χ1v) is 7.79. The van der Waals surface area contributed by atoms with Crippen LogP contribution in [0.4, 0.5) is 5.69 Å². The quantitative estimate of drug-likeness (QED) is 0.836. The predicted octanol–water partition coefficient (Wildman–Crippen LogP) is 4.11. The van der Waals surface area contributed by atoms with Crippen LogP contribution in [0.1, 0.15) is 39.7 Å². The molecule has 2 rings (SSSR count). The van der Waals surface area contributed by atoms with Crippen molar-refractivity contribution in [1.29, 1.82) is 0 Å². The number of benzene rings is 1. The van der Waals surface area contributed by atoms with Gasteiger partial charge in [-0.2, -0.15) is 0 Å². The predicted molar refractivity (Wildman–Crippen MR) is 87.0 cm³/mol. The number of hydrogen-bond acceptors (Lipinski definition) is 2. The summed E-state index contributed by atoms with van der Waals surface area (Å²) in [6.45, 7) is 13.6. The van der Waals surface area contributed by atoms with E-state index < -0.39 is 0 Å². The third-order valence-corrected chi connectivity index (χ3v) is 4.57. The zero-order valence-electron chi connectivity index (χ0n) is 12.7. The Hall–Kier alpha value is -0.540. The van der Waals surface area contributed by atoms with Crippen molar-refractivity contribution in [2.24, 2.45) is 0 Å². The topological polar surface area (TPSA) is 15.3 Å². The second-order valence-electron chi connectivity index (χ2n) is 6.89. The van der Waals surface area contributed by atoms with Gasteiger partial charge in [-0.15, -0.1) is 0 Å². The Labute approximate surface area is 125 Å². The summed E-state index contributed by atoms with van der Waals surface area (Å²) in [4.78, 5) is 2.56. The molecule has 3 heteroatoms. The summed E-state index contributed by atoms with van der Waals surface area (Å²) in [5.41, 5.74) is 3.01. The van der Waals surface area contributed by atoms with E-state index in [-0.39, 0.29) is 11.1 Å². The van der Waals surface area contributed by atoms with Gasteiger partial charge in [0.1, 0.15) is 0 Å². The summed E-state index contributed by atoms with van der Waals surface area (Å²) < 4.78 is 1.15. The molecule has 1 aliphatic rings. The Kier molecular flexibility index (Phi) is 3.99. The molecule has 0 aliphatic carbocycles. The second kappa shape index (κ2) is 5.10. The molecule has 0 atom stereocenters. The van der Waals surface area contributed by atoms with Crippen LogP contribution in [0.25, 0.3) is 0 Å². The highest BCUT2D eigenvalue weighted by Crippen LogP contribution is 2.33. The number of nitrogens with one attached hydrogen (secondary N) is 1. The van der Waals surface area contributed by atoms with Crippen LogP contribution in [0.3, 0.4) is 0 Å². The molecule has 1 aromatic rings. The molecule has 1 saturated heterocycles. The lowest BCUT2D eigenvalue weighted by molar-refractivity contribution is 0.409. The lowest BCUT2D eigenvalue weighted by Gasteiger charge is -2.42. The molecule has 19 heavy (non-hydrogen) atoms. The van der Waals surface area contributed by atoms with Crippen molar-refractivity contribution in [3.05, 3.63) is 28.2 Å². The number of rotatable bonds is 1. The van der Waals surface area contributed by atoms with Crippen molar-refractivity contribution in [2.75, 3.05) is 18.0 Å². The van der Waals surface area contributed by atoms with Crippen molar-refractivity contribution in [2.45, 2.75) is 52.1 Å². The molecule has 1 N–H and O–H groups in total. The molecule has 1 fully saturated rings. The molecule has 0 unspecified atom stereocenters. The molecule has 1 aromatic carbocycles. The lowest BCUT2D eigenvalue weighted by atomic mass is 9.95. The molecule has 0 radical (unpaired) electrons. The van der Waals surface area contributed by atoms with Gasteiger partial charge in [0, 0.05) is 27.8 Å². The van der Waals surface area contributed by atoms with Crippen LogP contribution in [0.5, 0.6) is 0 Å². The van der Waals surface area contributed by atoms with Gasteiger partial charge in [0.2, 0.25) is 0 Å². The number of nitrogens with zero attached hydrogens (tertiary/aromatic N) is 1. The van der Waals surface area contributed by atoms with Crippen molar-refractivity contribution in [3.8, 4) is 0 Å². The van der Waals surface area contributed by atoms with E-state index in [9.17, 15) is 0 Å². The third kappa shape index (κ3) is 3.32. The van der Waals surface area contributed by atoms with Gasteiger partial charge in [0.05, 0.1) is 0 Å². The summed E-state index contributed by atoms with van der Waals surface area (Å²) in [7, 11) is 0. The van der Waals surface area contributed by atoms with Crippen LogP contribution in [0, 0.1) is 6.92 Å². The van der Waals surface area contributed by atoms with Crippen LogP contribution < -0.4 is 10.2 Å². The zero-order valence-corrected chi connectivity index (χ0v) is 14.3. The Bertz CT molecular complexity index is 466. The van der Waals surface area contributed by atoms with Crippen LogP contribution in [-0.2, 0) is 0 Å². The van der Waals surface area contributed by atoms with Crippen molar-refractivity contribution >= 4 is 21.6 Å². The first-order valence-electron chi connectivity index (χ1n) is 7.00. The molecule has 0 bridgehead atoms. The van der Waals surface area contributed by atoms with Gasteiger partial charge in [-0.25, -0.2) is 0 Å². The van der Waals surface area contributed by atoms with Crippen molar-refractivity contribution in [1.82, 2.24) is 5.32 Å². The molecule has 0 saturated carbocycles. The highest BCUT2D eigenvalue weighted by molar-refractivity contribution is 9.10. The summed E-state index contributed by atoms with van der Waals surface area (Å²) in [5.74, 6) is 0. The first-order chi connectivity index (χ1) is 8.71. The molecule has 1 heterocycles. The van der Waals surface area contributed by atoms with Gasteiger partial charge in [0.25, 0.3) is 0 Å². The van der Waals surface area contributed by atoms with Crippen molar-refractivity contribution < 1.29 is 0 Å². The lowest BCUT2D eigenvalue weighted by Crippen LogP contribution is -2.51. The monoisotopic (exact) mass is 324 g/mol. The summed E-state index contributed by atoms with van der Waals surface area (Å²) in [6, 6.07) is 6.59. The van der Waals surface area contributed by atoms with E-state index in [1.165, 1.54) is 11.3 Å². The first kappa shape index (κ1) is 14.9. The van der Waals surface area contributed by atoms with Gasteiger partial charge in [-0.1, -0.05) is 15.9 Å². The molecule has 0 aromatic heterocycles. The van der Waals surface area contributed by atoms with Crippen LogP contribution >= 0.6 is 15.9 Å². The van der Waals surface area contributed by atoms with Gasteiger partial charge in [-0.05, 0) is 71.3 Å². The van der Waals surface area contributed by atoms with E-state index in [2.05, 4.69) is 79.0 Å². The van der Waals surface area contributed by atoms with E-state index in [1.54, 1.807) is 0 Å². The zero-order chi connectivity index (χ0) is 14.3. The molecular weight excluding hydrogens is 300 g/mol. The third-order valence-electron chi connectivity index (χ3n) is 4.07. The smallest absolute Gasteiger partial charge is 0.0401 e. The second-order valence-corrected chi connectivity index (χ2v) is 7.81. The highest BCUT2D eigenvalue weighted by atomic mass is 79.9. The van der Waals surface area contributed by atoms with Crippen LogP contribution in [0.2, 0.25) is 0 Å². The Morgan fingerprint density at radius 1 is 1.21 bits per heavy atom. The SMILES string of the molecule is Cc1cc(Br)ccc1N1CC(C)(C)NCCC1(C)C. The Morgan fingerprint density at radius 3 is 2.53 bits per heavy atom. The van der Waals surface area contributed by atoms with E-state index >= 15 is 0 Å². The average molecular weight is 325 g/mol. The fraction of sp³-hybridized carbons (Fsp3) is 0.625. The molecule has 0 amide bonds.